The molecule has 5 heteroatoms. The van der Waals surface area contributed by atoms with Gasteiger partial charge < -0.3 is 9.73 Å². The zero-order chi connectivity index (χ0) is 15.8. The molecule has 0 radical (unpaired) electrons. The second kappa shape index (κ2) is 5.28. The van der Waals surface area contributed by atoms with Crippen LogP contribution in [0, 0.1) is 0 Å². The third-order valence-electron chi connectivity index (χ3n) is 3.90. The van der Waals surface area contributed by atoms with Crippen molar-refractivity contribution in [2.45, 2.75) is 13.0 Å². The molecule has 0 unspecified atom stereocenters. The Morgan fingerprint density at radius 2 is 1.96 bits per heavy atom. The number of fused-ring (bicyclic) bond motifs is 2. The van der Waals surface area contributed by atoms with Crippen LogP contribution in [0.3, 0.4) is 0 Å². The summed E-state index contributed by atoms with van der Waals surface area (Å²) in [5.41, 5.74) is 2.05. The molecular formula is C18H15N3O2. The van der Waals surface area contributed by atoms with Gasteiger partial charge in [0, 0.05) is 10.8 Å². The van der Waals surface area contributed by atoms with Gasteiger partial charge in [-0.2, -0.15) is 5.10 Å². The fourth-order valence-electron chi connectivity index (χ4n) is 2.69. The lowest BCUT2D eigenvalue weighted by atomic mass is 10.2. The summed E-state index contributed by atoms with van der Waals surface area (Å²) in [4.78, 5) is 12.5. The molecule has 1 amide bonds. The second-order valence-electron chi connectivity index (χ2n) is 5.50. The van der Waals surface area contributed by atoms with E-state index < -0.39 is 0 Å². The average molecular weight is 305 g/mol. The third-order valence-corrected chi connectivity index (χ3v) is 3.90. The predicted molar refractivity (Wildman–Crippen MR) is 88.2 cm³/mol. The highest BCUT2D eigenvalue weighted by atomic mass is 16.3. The summed E-state index contributed by atoms with van der Waals surface area (Å²) in [5.74, 6) is 0.495. The van der Waals surface area contributed by atoms with Crippen LogP contribution in [0.4, 0.5) is 0 Å². The lowest BCUT2D eigenvalue weighted by Crippen LogP contribution is -2.26. The van der Waals surface area contributed by atoms with Crippen molar-refractivity contribution in [3.8, 4) is 0 Å². The number of amides is 1. The van der Waals surface area contributed by atoms with Crippen LogP contribution in [0.15, 0.2) is 59.0 Å². The Hall–Kier alpha value is -3.08. The summed E-state index contributed by atoms with van der Waals surface area (Å²) in [6.07, 6.45) is 0. The quantitative estimate of drug-likeness (QED) is 0.605. The number of carbonyl (C=O) groups is 1. The van der Waals surface area contributed by atoms with Gasteiger partial charge in [-0.3, -0.25) is 9.89 Å². The summed E-state index contributed by atoms with van der Waals surface area (Å²) < 4.78 is 5.79. The molecule has 4 rings (SSSR count). The van der Waals surface area contributed by atoms with E-state index in [9.17, 15) is 4.79 Å². The zero-order valence-electron chi connectivity index (χ0n) is 12.5. The number of aromatic nitrogens is 2. The van der Waals surface area contributed by atoms with E-state index in [-0.39, 0.29) is 11.9 Å². The summed E-state index contributed by atoms with van der Waals surface area (Å²) in [5, 5.41) is 11.8. The lowest BCUT2D eigenvalue weighted by molar-refractivity contribution is 0.0932. The predicted octanol–water partition coefficient (Wildman–Crippen LogP) is 3.80. The third kappa shape index (κ3) is 2.36. The van der Waals surface area contributed by atoms with Gasteiger partial charge in [0.25, 0.3) is 5.91 Å². The number of hydrogen-bond acceptors (Lipinski definition) is 3. The molecule has 2 aromatic heterocycles. The summed E-state index contributed by atoms with van der Waals surface area (Å²) >= 11 is 0. The van der Waals surface area contributed by atoms with E-state index >= 15 is 0 Å². The first kappa shape index (κ1) is 13.6. The van der Waals surface area contributed by atoms with E-state index in [1.807, 2.05) is 61.5 Å². The molecule has 2 N–H and O–H groups in total. The Bertz CT molecular complexity index is 967. The second-order valence-corrected chi connectivity index (χ2v) is 5.50. The molecule has 2 aromatic carbocycles. The Morgan fingerprint density at radius 3 is 2.83 bits per heavy atom. The van der Waals surface area contributed by atoms with Gasteiger partial charge in [0.2, 0.25) is 0 Å². The van der Waals surface area contributed by atoms with Crippen LogP contribution in [0.2, 0.25) is 0 Å². The largest absolute Gasteiger partial charge is 0.459 e. The van der Waals surface area contributed by atoms with Crippen molar-refractivity contribution in [3.63, 3.8) is 0 Å². The molecule has 0 spiro atoms. The van der Waals surface area contributed by atoms with Gasteiger partial charge in [-0.25, -0.2) is 0 Å². The zero-order valence-corrected chi connectivity index (χ0v) is 12.5. The summed E-state index contributed by atoms with van der Waals surface area (Å²) in [6, 6.07) is 17.0. The number of rotatable bonds is 3. The normalized spacial score (nSPS) is 12.6. The number of benzene rings is 2. The van der Waals surface area contributed by atoms with Crippen LogP contribution >= 0.6 is 0 Å². The molecule has 114 valence electrons. The molecule has 0 aliphatic rings. The molecule has 1 atom stereocenters. The minimum absolute atomic E-state index is 0.226. The SMILES string of the molecule is C[C@@H](NC(=O)c1n[nH]c2ccccc12)c1cc2ccccc2o1. The van der Waals surface area contributed by atoms with E-state index in [1.54, 1.807) is 0 Å². The standard InChI is InChI=1S/C18H15N3O2/c1-11(16-10-12-6-2-5-9-15(12)23-16)19-18(22)17-13-7-3-4-8-14(13)20-21-17/h2-11H,1H3,(H,19,22)(H,20,21)/t11-/m1/s1. The summed E-state index contributed by atoms with van der Waals surface area (Å²) in [7, 11) is 0. The average Bonchev–Trinajstić information content (AvgIpc) is 3.18. The Labute approximate surface area is 132 Å². The molecule has 5 nitrogen and oxygen atoms in total. The number of carbonyl (C=O) groups excluding carboxylic acids is 1. The van der Waals surface area contributed by atoms with Gasteiger partial charge >= 0.3 is 0 Å². The van der Waals surface area contributed by atoms with Gasteiger partial charge in [-0.1, -0.05) is 36.4 Å². The summed E-state index contributed by atoms with van der Waals surface area (Å²) in [6.45, 7) is 1.89. The van der Waals surface area contributed by atoms with Crippen molar-refractivity contribution in [1.82, 2.24) is 15.5 Å². The number of nitrogens with one attached hydrogen (secondary N) is 2. The monoisotopic (exact) mass is 305 g/mol. The van der Waals surface area contributed by atoms with E-state index in [4.69, 9.17) is 4.42 Å². The van der Waals surface area contributed by atoms with Gasteiger partial charge in [0.1, 0.15) is 11.3 Å². The first-order chi connectivity index (χ1) is 11.2. The Morgan fingerprint density at radius 1 is 1.17 bits per heavy atom. The molecule has 2 heterocycles. The number of furan rings is 1. The topological polar surface area (TPSA) is 70.9 Å². The Balaban J connectivity index is 1.60. The minimum Gasteiger partial charge on any atom is -0.459 e. The van der Waals surface area contributed by atoms with Crippen molar-refractivity contribution in [2.24, 2.45) is 0 Å². The van der Waals surface area contributed by atoms with Crippen LogP contribution in [0.1, 0.15) is 29.2 Å². The molecule has 0 aliphatic carbocycles. The van der Waals surface area contributed by atoms with Crippen LogP contribution in [-0.2, 0) is 0 Å². The first-order valence-corrected chi connectivity index (χ1v) is 7.45. The Kier molecular flexibility index (Phi) is 3.12. The molecule has 0 fully saturated rings. The van der Waals surface area contributed by atoms with Crippen LogP contribution < -0.4 is 5.32 Å². The van der Waals surface area contributed by atoms with Crippen molar-refractivity contribution in [2.75, 3.05) is 0 Å². The highest BCUT2D eigenvalue weighted by molar-refractivity contribution is 6.04. The molecule has 0 saturated heterocycles. The van der Waals surface area contributed by atoms with Crippen molar-refractivity contribution < 1.29 is 9.21 Å². The maximum absolute atomic E-state index is 12.5. The fraction of sp³-hybridized carbons (Fsp3) is 0.111. The molecular weight excluding hydrogens is 290 g/mol. The highest BCUT2D eigenvalue weighted by Crippen LogP contribution is 2.24. The number of H-pyrrole nitrogens is 1. The minimum atomic E-state index is -0.245. The van der Waals surface area contributed by atoms with Crippen LogP contribution in [-0.4, -0.2) is 16.1 Å². The van der Waals surface area contributed by atoms with Crippen LogP contribution in [0.5, 0.6) is 0 Å². The maximum atomic E-state index is 12.5. The number of para-hydroxylation sites is 2. The number of hydrogen-bond donors (Lipinski definition) is 2. The first-order valence-electron chi connectivity index (χ1n) is 7.45. The van der Waals surface area contributed by atoms with Crippen molar-refractivity contribution in [1.29, 1.82) is 0 Å². The number of nitrogens with zero attached hydrogens (tertiary/aromatic N) is 1. The van der Waals surface area contributed by atoms with Crippen molar-refractivity contribution in [3.05, 3.63) is 66.1 Å². The van der Waals surface area contributed by atoms with Crippen LogP contribution in [0.25, 0.3) is 21.9 Å². The lowest BCUT2D eigenvalue weighted by Gasteiger charge is -2.10. The van der Waals surface area contributed by atoms with E-state index in [2.05, 4.69) is 15.5 Å². The molecule has 0 saturated carbocycles. The highest BCUT2D eigenvalue weighted by Gasteiger charge is 2.18. The molecule has 0 aliphatic heterocycles. The van der Waals surface area contributed by atoms with Gasteiger partial charge in [-0.15, -0.1) is 0 Å². The van der Waals surface area contributed by atoms with E-state index in [0.29, 0.717) is 5.69 Å². The smallest absolute Gasteiger partial charge is 0.273 e. The number of aromatic amines is 1. The fourth-order valence-corrected chi connectivity index (χ4v) is 2.69. The van der Waals surface area contributed by atoms with E-state index in [1.165, 1.54) is 0 Å². The van der Waals surface area contributed by atoms with Gasteiger partial charge in [0.05, 0.1) is 11.6 Å². The van der Waals surface area contributed by atoms with Crippen molar-refractivity contribution >= 4 is 27.8 Å². The molecule has 23 heavy (non-hydrogen) atoms. The van der Waals surface area contributed by atoms with Gasteiger partial charge in [0.15, 0.2) is 5.69 Å². The maximum Gasteiger partial charge on any atom is 0.273 e. The van der Waals surface area contributed by atoms with E-state index in [0.717, 1.165) is 27.6 Å². The van der Waals surface area contributed by atoms with Gasteiger partial charge in [-0.05, 0) is 25.1 Å². The molecule has 0 bridgehead atoms. The molecule has 4 aromatic rings.